The minimum Gasteiger partial charge on any atom is -0.335 e. The molecule has 2 aromatic heterocycles. The lowest BCUT2D eigenvalue weighted by Crippen LogP contribution is -2.23. The molecule has 0 saturated carbocycles. The Morgan fingerprint density at radius 2 is 1.85 bits per heavy atom. The number of halogens is 1. The lowest BCUT2D eigenvalue weighted by molar-refractivity contribution is 0.0787. The third-order valence-electron chi connectivity index (χ3n) is 5.96. The van der Waals surface area contributed by atoms with Crippen LogP contribution in [0.5, 0.6) is 0 Å². The van der Waals surface area contributed by atoms with Gasteiger partial charge in [-0.1, -0.05) is 29.8 Å². The summed E-state index contributed by atoms with van der Waals surface area (Å²) in [6.45, 7) is 6.25. The van der Waals surface area contributed by atoms with Gasteiger partial charge in [0.05, 0.1) is 12.9 Å². The van der Waals surface area contributed by atoms with Crippen molar-refractivity contribution in [2.45, 2.75) is 33.5 Å². The molecular weight excluding hydrogens is 440 g/mol. The molecule has 168 valence electrons. The summed E-state index contributed by atoms with van der Waals surface area (Å²) in [4.78, 5) is 36.2. The summed E-state index contributed by atoms with van der Waals surface area (Å²) in [6.07, 6.45) is 1.66. The molecular formula is C24H23ClN6O2. The van der Waals surface area contributed by atoms with Crippen LogP contribution in [0.4, 0.5) is 11.6 Å². The van der Waals surface area contributed by atoms with Crippen LogP contribution in [0.15, 0.2) is 53.6 Å². The Kier molecular flexibility index (Phi) is 5.38. The van der Waals surface area contributed by atoms with Crippen molar-refractivity contribution in [1.29, 1.82) is 0 Å². The second kappa shape index (κ2) is 8.37. The van der Waals surface area contributed by atoms with Crippen LogP contribution in [0.3, 0.4) is 0 Å². The monoisotopic (exact) mass is 462 g/mol. The smallest absolute Gasteiger partial charge is 0.300 e. The molecule has 0 radical (unpaired) electrons. The van der Waals surface area contributed by atoms with Crippen molar-refractivity contribution in [3.8, 4) is 0 Å². The van der Waals surface area contributed by atoms with E-state index in [9.17, 15) is 9.59 Å². The Labute approximate surface area is 195 Å². The number of nitrogens with one attached hydrogen (secondary N) is 1. The van der Waals surface area contributed by atoms with Gasteiger partial charge >= 0.3 is 5.56 Å². The predicted molar refractivity (Wildman–Crippen MR) is 128 cm³/mol. The molecule has 1 aliphatic rings. The summed E-state index contributed by atoms with van der Waals surface area (Å²) < 4.78 is 3.67. The minimum absolute atomic E-state index is 0.0137. The lowest BCUT2D eigenvalue weighted by Gasteiger charge is -2.16. The number of rotatable bonds is 6. The first-order chi connectivity index (χ1) is 16.0. The number of anilines is 2. The predicted octanol–water partition coefficient (Wildman–Crippen LogP) is 4.03. The molecule has 1 amide bonds. The highest BCUT2D eigenvalue weighted by atomic mass is 35.5. The first kappa shape index (κ1) is 21.2. The highest BCUT2D eigenvalue weighted by molar-refractivity contribution is 6.30. The molecule has 0 unspecified atom stereocenters. The van der Waals surface area contributed by atoms with E-state index >= 15 is 0 Å². The summed E-state index contributed by atoms with van der Waals surface area (Å²) in [7, 11) is 0. The molecule has 0 atom stereocenters. The van der Waals surface area contributed by atoms with E-state index in [1.54, 1.807) is 15.8 Å². The Balaban J connectivity index is 1.59. The van der Waals surface area contributed by atoms with E-state index in [1.165, 1.54) is 0 Å². The normalized spacial score (nSPS) is 13.1. The fourth-order valence-corrected chi connectivity index (χ4v) is 4.30. The second-order valence-corrected chi connectivity index (χ2v) is 8.41. The largest absolute Gasteiger partial charge is 0.335 e. The topological polar surface area (TPSA) is 85.1 Å². The first-order valence-electron chi connectivity index (χ1n) is 10.9. The quantitative estimate of drug-likeness (QED) is 0.467. The van der Waals surface area contributed by atoms with Crippen molar-refractivity contribution in [2.75, 3.05) is 11.9 Å². The maximum atomic E-state index is 12.9. The molecule has 0 spiro atoms. The zero-order valence-corrected chi connectivity index (χ0v) is 19.1. The van der Waals surface area contributed by atoms with E-state index in [1.807, 2.05) is 60.9 Å². The molecule has 33 heavy (non-hydrogen) atoms. The van der Waals surface area contributed by atoms with Crippen LogP contribution in [-0.4, -0.2) is 36.5 Å². The van der Waals surface area contributed by atoms with Gasteiger partial charge in [-0.05, 0) is 49.2 Å². The van der Waals surface area contributed by atoms with Gasteiger partial charge in [0, 0.05) is 35.9 Å². The van der Waals surface area contributed by atoms with Crippen molar-refractivity contribution < 1.29 is 4.79 Å². The maximum absolute atomic E-state index is 12.9. The molecule has 0 fully saturated rings. The Morgan fingerprint density at radius 3 is 2.58 bits per heavy atom. The van der Waals surface area contributed by atoms with Gasteiger partial charge in [0.1, 0.15) is 0 Å². The molecule has 0 aliphatic carbocycles. The lowest BCUT2D eigenvalue weighted by atomic mass is 10.1. The molecule has 0 bridgehead atoms. The van der Waals surface area contributed by atoms with Crippen LogP contribution in [0.25, 0.3) is 11.2 Å². The van der Waals surface area contributed by atoms with Gasteiger partial charge in [-0.2, -0.15) is 4.98 Å². The van der Waals surface area contributed by atoms with Gasteiger partial charge in [-0.3, -0.25) is 14.2 Å². The summed E-state index contributed by atoms with van der Waals surface area (Å²) in [6, 6.07) is 13.2. The zero-order chi connectivity index (χ0) is 23.1. The van der Waals surface area contributed by atoms with E-state index in [0.717, 1.165) is 11.1 Å². The molecule has 5 rings (SSSR count). The second-order valence-electron chi connectivity index (χ2n) is 7.97. The average molecular weight is 463 g/mol. The van der Waals surface area contributed by atoms with Crippen LogP contribution in [0, 0.1) is 0 Å². The average Bonchev–Trinajstić information content (AvgIpc) is 3.39. The van der Waals surface area contributed by atoms with Gasteiger partial charge in [0.15, 0.2) is 11.2 Å². The maximum Gasteiger partial charge on any atom is 0.300 e. The van der Waals surface area contributed by atoms with Crippen molar-refractivity contribution >= 4 is 40.3 Å². The Morgan fingerprint density at radius 1 is 1.06 bits per heavy atom. The highest BCUT2D eigenvalue weighted by Crippen LogP contribution is 2.27. The van der Waals surface area contributed by atoms with E-state index in [2.05, 4.69) is 15.3 Å². The van der Waals surface area contributed by atoms with Crippen LogP contribution >= 0.6 is 11.6 Å². The summed E-state index contributed by atoms with van der Waals surface area (Å²) >= 11 is 6.05. The van der Waals surface area contributed by atoms with Crippen molar-refractivity contribution in [3.63, 3.8) is 0 Å². The van der Waals surface area contributed by atoms with Crippen LogP contribution in [0.2, 0.25) is 5.02 Å². The number of fused-ring (bicyclic) bond motifs is 2. The number of imidazole rings is 1. The van der Waals surface area contributed by atoms with Gasteiger partial charge in [0.2, 0.25) is 5.95 Å². The van der Waals surface area contributed by atoms with E-state index in [4.69, 9.17) is 11.6 Å². The first-order valence-corrected chi connectivity index (χ1v) is 11.3. The number of hydrogen-bond donors (Lipinski definition) is 1. The minimum atomic E-state index is -0.353. The van der Waals surface area contributed by atoms with Crippen molar-refractivity contribution in [1.82, 2.24) is 24.0 Å². The Bertz CT molecular complexity index is 1420. The molecule has 4 aromatic rings. The third kappa shape index (κ3) is 3.76. The van der Waals surface area contributed by atoms with Crippen LogP contribution in [0.1, 0.15) is 35.3 Å². The van der Waals surface area contributed by atoms with Crippen LogP contribution in [-0.2, 0) is 19.6 Å². The fraction of sp³-hybridized carbons (Fsp3) is 0.250. The molecule has 9 heteroatoms. The summed E-state index contributed by atoms with van der Waals surface area (Å²) in [5.74, 6) is 0.376. The van der Waals surface area contributed by atoms with Gasteiger partial charge in [0.25, 0.3) is 5.91 Å². The third-order valence-corrected chi connectivity index (χ3v) is 6.21. The number of aryl methyl sites for hydroxylation is 1. The van der Waals surface area contributed by atoms with E-state index in [0.29, 0.717) is 59.6 Å². The van der Waals surface area contributed by atoms with Gasteiger partial charge in [-0.15, -0.1) is 0 Å². The van der Waals surface area contributed by atoms with Crippen molar-refractivity contribution in [3.05, 3.63) is 80.9 Å². The van der Waals surface area contributed by atoms with Crippen molar-refractivity contribution in [2.24, 2.45) is 0 Å². The Hall–Kier alpha value is -3.65. The molecule has 3 heterocycles. The number of aromatic nitrogens is 4. The summed E-state index contributed by atoms with van der Waals surface area (Å²) in [5.41, 5.74) is 3.99. The SMILES string of the molecule is CCN1Cc2ccc(Nc3nc(=O)c4c(ncn4CC)n3Cc3ccc(Cl)cc3)cc2C1=O. The number of benzene rings is 2. The standard InChI is InChI=1S/C24H23ClN6O2/c1-3-29-13-16-7-10-18(11-19(16)23(29)33)27-24-28-22(32)20-21(26-14-30(20)4-2)31(24)12-15-5-8-17(25)9-6-15/h5-11,14H,3-4,12-13H2,1-2H3,(H,27,28,32). The number of carbonyl (C=O) groups is 1. The molecule has 1 aliphatic heterocycles. The van der Waals surface area contributed by atoms with Gasteiger partial charge < -0.3 is 14.8 Å². The molecule has 2 aromatic carbocycles. The van der Waals surface area contributed by atoms with E-state index in [-0.39, 0.29) is 11.5 Å². The van der Waals surface area contributed by atoms with Crippen LogP contribution < -0.4 is 10.9 Å². The zero-order valence-electron chi connectivity index (χ0n) is 18.4. The number of hydrogen-bond acceptors (Lipinski definition) is 5. The molecule has 8 nitrogen and oxygen atoms in total. The fourth-order valence-electron chi connectivity index (χ4n) is 4.18. The summed E-state index contributed by atoms with van der Waals surface area (Å²) in [5, 5.41) is 3.91. The van der Waals surface area contributed by atoms with E-state index < -0.39 is 0 Å². The number of amides is 1. The number of carbonyl (C=O) groups excluding carboxylic acids is 1. The molecule has 1 N–H and O–H groups in total. The van der Waals surface area contributed by atoms with Gasteiger partial charge in [-0.25, -0.2) is 4.98 Å². The number of nitrogens with zero attached hydrogens (tertiary/aromatic N) is 5. The molecule has 0 saturated heterocycles. The highest BCUT2D eigenvalue weighted by Gasteiger charge is 2.26.